The molecule has 0 saturated heterocycles. The Morgan fingerprint density at radius 2 is 1.96 bits per heavy atom. The van der Waals surface area contributed by atoms with Gasteiger partial charge in [-0.1, -0.05) is 6.07 Å². The van der Waals surface area contributed by atoms with Crippen molar-refractivity contribution in [2.24, 2.45) is 12.0 Å². The molecule has 11 heteroatoms. The highest BCUT2D eigenvalue weighted by Gasteiger charge is 2.31. The number of aliphatic hydroxyl groups excluding tert-OH is 1. The van der Waals surface area contributed by atoms with Gasteiger partial charge < -0.3 is 14.6 Å². The Balaban J connectivity index is 1.86. The molecule has 2 aromatic rings. The van der Waals surface area contributed by atoms with Crippen LogP contribution in [0.4, 0.5) is 19.0 Å². The van der Waals surface area contributed by atoms with Gasteiger partial charge >= 0.3 is 12.1 Å². The van der Waals surface area contributed by atoms with Crippen molar-refractivity contribution in [2.45, 2.75) is 25.7 Å². The van der Waals surface area contributed by atoms with Crippen LogP contribution in [0, 0.1) is 0 Å². The lowest BCUT2D eigenvalue weighted by Gasteiger charge is -2.10. The molecule has 1 N–H and O–H groups in total. The molecule has 0 spiro atoms. The van der Waals surface area contributed by atoms with E-state index in [0.717, 1.165) is 16.7 Å². The van der Waals surface area contributed by atoms with E-state index in [1.165, 1.54) is 23.7 Å². The van der Waals surface area contributed by atoms with Gasteiger partial charge in [-0.15, -0.1) is 13.2 Å². The minimum absolute atomic E-state index is 0.0221. The Kier molecular flexibility index (Phi) is 5.27. The van der Waals surface area contributed by atoms with Crippen molar-refractivity contribution in [3.05, 3.63) is 50.7 Å². The fourth-order valence-electron chi connectivity index (χ4n) is 2.78. The van der Waals surface area contributed by atoms with Gasteiger partial charge in [-0.2, -0.15) is 4.99 Å². The summed E-state index contributed by atoms with van der Waals surface area (Å²) in [4.78, 5) is 29.0. The number of aromatic nitrogens is 2. The summed E-state index contributed by atoms with van der Waals surface area (Å²) in [5.74, 6) is -0.224. The quantitative estimate of drug-likeness (QED) is 0.822. The van der Waals surface area contributed by atoms with Crippen molar-refractivity contribution in [2.75, 3.05) is 6.61 Å². The maximum Gasteiger partial charge on any atom is 0.573 e. The molecule has 150 valence electrons. The molecule has 0 radical (unpaired) electrons. The van der Waals surface area contributed by atoms with Crippen LogP contribution in [-0.4, -0.2) is 33.1 Å². The number of hydrogen-bond acceptors (Lipinski definition) is 6. The third-order valence-electron chi connectivity index (χ3n) is 3.98. The lowest BCUT2D eigenvalue weighted by molar-refractivity contribution is -0.274. The van der Waals surface area contributed by atoms with E-state index < -0.39 is 23.4 Å². The maximum absolute atomic E-state index is 12.5. The van der Waals surface area contributed by atoms with Crippen molar-refractivity contribution >= 4 is 11.7 Å². The number of aliphatic imine (C=N–C) groups is 1. The summed E-state index contributed by atoms with van der Waals surface area (Å²) in [5.41, 5.74) is -0.886. The topological polar surface area (TPSA) is 95.0 Å². The molecule has 1 aromatic heterocycles. The monoisotopic (exact) mass is 399 g/mol. The average molecular weight is 399 g/mol. The summed E-state index contributed by atoms with van der Waals surface area (Å²) in [5, 5.41) is 8.92. The Morgan fingerprint density at radius 1 is 1.25 bits per heavy atom. The van der Waals surface area contributed by atoms with Crippen molar-refractivity contribution in [3.63, 3.8) is 0 Å². The lowest BCUT2D eigenvalue weighted by atomic mass is 10.2. The minimum atomic E-state index is -4.84. The van der Waals surface area contributed by atoms with E-state index in [4.69, 9.17) is 9.84 Å². The van der Waals surface area contributed by atoms with Gasteiger partial charge in [-0.25, -0.2) is 4.79 Å². The summed E-state index contributed by atoms with van der Waals surface area (Å²) in [6.45, 7) is -0.115. The van der Waals surface area contributed by atoms with Crippen LogP contribution in [0.5, 0.6) is 11.5 Å². The second kappa shape index (κ2) is 7.50. The van der Waals surface area contributed by atoms with Crippen molar-refractivity contribution in [1.29, 1.82) is 0 Å². The van der Waals surface area contributed by atoms with Crippen LogP contribution < -0.4 is 20.7 Å². The molecule has 1 aromatic carbocycles. The molecule has 2 heterocycles. The van der Waals surface area contributed by atoms with Gasteiger partial charge in [-0.05, 0) is 18.6 Å². The van der Waals surface area contributed by atoms with E-state index in [0.29, 0.717) is 0 Å². The number of benzene rings is 1. The standard InChI is InChI=1S/C17H16F3N3O5/c1-22-14-12(15(25)23(16(22)26)6-3-7-24)9-13(21-14)27-10-4-2-5-11(8-10)28-17(18,19)20/h2,4-5,8,24H,3,6-7,9H2,1H3. The number of fused-ring (bicyclic) bond motifs is 1. The Hall–Kier alpha value is -3.08. The van der Waals surface area contributed by atoms with Gasteiger partial charge in [0.1, 0.15) is 17.3 Å². The van der Waals surface area contributed by atoms with Gasteiger partial charge in [0.15, 0.2) is 0 Å². The minimum Gasteiger partial charge on any atom is -0.442 e. The molecule has 8 nitrogen and oxygen atoms in total. The number of nitrogens with zero attached hydrogens (tertiary/aromatic N) is 3. The predicted octanol–water partition coefficient (Wildman–Crippen LogP) is 1.49. The molecule has 0 saturated carbocycles. The van der Waals surface area contributed by atoms with Crippen LogP contribution >= 0.6 is 0 Å². The van der Waals surface area contributed by atoms with E-state index in [1.54, 1.807) is 0 Å². The van der Waals surface area contributed by atoms with Crippen molar-refractivity contribution < 1.29 is 27.8 Å². The van der Waals surface area contributed by atoms with E-state index in [1.807, 2.05) is 0 Å². The predicted molar refractivity (Wildman–Crippen MR) is 92.2 cm³/mol. The normalized spacial score (nSPS) is 13.2. The van der Waals surface area contributed by atoms with E-state index in [-0.39, 0.29) is 49.0 Å². The van der Waals surface area contributed by atoms with E-state index in [9.17, 15) is 22.8 Å². The highest BCUT2D eigenvalue weighted by molar-refractivity contribution is 5.88. The smallest absolute Gasteiger partial charge is 0.442 e. The SMILES string of the molecule is Cn1c2c(c(=O)n(CCCO)c1=O)CC(Oc1cccc(OC(F)(F)F)c1)=N2. The molecule has 1 aliphatic rings. The van der Waals surface area contributed by atoms with Crippen LogP contribution in [0.15, 0.2) is 38.8 Å². The maximum atomic E-state index is 12.5. The zero-order valence-corrected chi connectivity index (χ0v) is 14.7. The molecule has 28 heavy (non-hydrogen) atoms. The van der Waals surface area contributed by atoms with Crippen LogP contribution in [0.25, 0.3) is 0 Å². The number of rotatable bonds is 5. The van der Waals surface area contributed by atoms with Gasteiger partial charge in [0, 0.05) is 26.3 Å². The van der Waals surface area contributed by atoms with E-state index >= 15 is 0 Å². The fraction of sp³-hybridized carbons (Fsp3) is 0.353. The second-order valence-corrected chi connectivity index (χ2v) is 5.98. The van der Waals surface area contributed by atoms with Crippen LogP contribution in [0.3, 0.4) is 0 Å². The third-order valence-corrected chi connectivity index (χ3v) is 3.98. The van der Waals surface area contributed by atoms with Crippen LogP contribution in [0.1, 0.15) is 12.0 Å². The molecule has 1 aliphatic heterocycles. The molecule has 0 unspecified atom stereocenters. The summed E-state index contributed by atoms with van der Waals surface area (Å²) >= 11 is 0. The third kappa shape index (κ3) is 4.09. The van der Waals surface area contributed by atoms with E-state index in [2.05, 4.69) is 9.73 Å². The molecule has 0 aliphatic carbocycles. The molecule has 0 atom stereocenters. The Bertz CT molecular complexity index is 1040. The molecule has 0 bridgehead atoms. The molecular formula is C17H16F3N3O5. The first kappa shape index (κ1) is 19.7. The number of alkyl halides is 3. The zero-order chi connectivity index (χ0) is 20.5. The first-order valence-electron chi connectivity index (χ1n) is 8.24. The lowest BCUT2D eigenvalue weighted by Crippen LogP contribution is -2.40. The number of ether oxygens (including phenoxy) is 2. The summed E-state index contributed by atoms with van der Waals surface area (Å²) in [6.07, 6.45) is -4.62. The van der Waals surface area contributed by atoms with Gasteiger partial charge in [0.25, 0.3) is 5.56 Å². The second-order valence-electron chi connectivity index (χ2n) is 5.98. The number of aliphatic hydroxyl groups is 1. The Morgan fingerprint density at radius 3 is 2.64 bits per heavy atom. The molecule has 0 fully saturated rings. The highest BCUT2D eigenvalue weighted by atomic mass is 19.4. The van der Waals surface area contributed by atoms with Crippen molar-refractivity contribution in [3.8, 4) is 11.5 Å². The fourth-order valence-corrected chi connectivity index (χ4v) is 2.78. The first-order chi connectivity index (χ1) is 13.2. The average Bonchev–Trinajstić information content (AvgIpc) is 3.03. The largest absolute Gasteiger partial charge is 0.573 e. The number of halogens is 3. The first-order valence-corrected chi connectivity index (χ1v) is 8.24. The Labute approximate surface area is 156 Å². The summed E-state index contributed by atoms with van der Waals surface area (Å²) < 4.78 is 48.5. The molecular weight excluding hydrogens is 383 g/mol. The van der Waals surface area contributed by atoms with Gasteiger partial charge in [0.05, 0.1) is 12.0 Å². The zero-order valence-electron chi connectivity index (χ0n) is 14.7. The molecule has 0 amide bonds. The van der Waals surface area contributed by atoms with Crippen LogP contribution in [0.2, 0.25) is 0 Å². The van der Waals surface area contributed by atoms with Gasteiger partial charge in [-0.3, -0.25) is 13.9 Å². The molecule has 3 rings (SSSR count). The summed E-state index contributed by atoms with van der Waals surface area (Å²) in [6, 6.07) is 4.89. The van der Waals surface area contributed by atoms with Crippen LogP contribution in [-0.2, 0) is 20.0 Å². The van der Waals surface area contributed by atoms with Crippen molar-refractivity contribution in [1.82, 2.24) is 9.13 Å². The summed E-state index contributed by atoms with van der Waals surface area (Å²) in [7, 11) is 1.44. The van der Waals surface area contributed by atoms with Gasteiger partial charge in [0.2, 0.25) is 5.90 Å². The highest BCUT2D eigenvalue weighted by Crippen LogP contribution is 2.28. The number of hydrogen-bond donors (Lipinski definition) is 1.